The molecule has 0 fully saturated rings. The molecule has 2 heterocycles. The summed E-state index contributed by atoms with van der Waals surface area (Å²) in [5.41, 5.74) is 0.922. The van der Waals surface area contributed by atoms with Gasteiger partial charge in [0.25, 0.3) is 0 Å². The zero-order chi connectivity index (χ0) is 14.8. The summed E-state index contributed by atoms with van der Waals surface area (Å²) in [4.78, 5) is 21.9. The number of aliphatic hydroxyl groups is 1. The van der Waals surface area contributed by atoms with E-state index >= 15 is 0 Å². The molecule has 108 valence electrons. The summed E-state index contributed by atoms with van der Waals surface area (Å²) in [5, 5.41) is 9.08. The number of carbonyl (C=O) groups excluding carboxylic acids is 1. The van der Waals surface area contributed by atoms with Crippen LogP contribution in [0.25, 0.3) is 5.57 Å². The smallest absolute Gasteiger partial charge is 0.410 e. The highest BCUT2D eigenvalue weighted by Crippen LogP contribution is 2.20. The van der Waals surface area contributed by atoms with E-state index in [-0.39, 0.29) is 12.7 Å². The molecule has 0 spiro atoms. The Labute approximate surface area is 118 Å². The second-order valence-corrected chi connectivity index (χ2v) is 5.62. The molecule has 0 saturated heterocycles. The molecule has 0 atom stereocenters. The topological polar surface area (TPSA) is 75.5 Å². The SMILES string of the molecule is CC(C)(C)OC(=O)N1CC=C(c2nccc(CO)n2)C1. The van der Waals surface area contributed by atoms with E-state index in [0.717, 1.165) is 5.57 Å². The molecule has 0 unspecified atom stereocenters. The summed E-state index contributed by atoms with van der Waals surface area (Å²) in [7, 11) is 0. The third-order valence-corrected chi connectivity index (χ3v) is 2.73. The summed E-state index contributed by atoms with van der Waals surface area (Å²) >= 11 is 0. The highest BCUT2D eigenvalue weighted by Gasteiger charge is 2.26. The fourth-order valence-electron chi connectivity index (χ4n) is 1.82. The Kier molecular flexibility index (Phi) is 4.04. The lowest BCUT2D eigenvalue weighted by Crippen LogP contribution is -2.35. The molecule has 0 aliphatic carbocycles. The normalized spacial score (nSPS) is 15.2. The average Bonchev–Trinajstić information content (AvgIpc) is 2.86. The van der Waals surface area contributed by atoms with Crippen LogP contribution < -0.4 is 0 Å². The number of hydrogen-bond donors (Lipinski definition) is 1. The summed E-state index contributed by atoms with van der Waals surface area (Å²) in [6, 6.07) is 1.66. The van der Waals surface area contributed by atoms with Crippen LogP contribution in [-0.4, -0.2) is 44.8 Å². The quantitative estimate of drug-likeness (QED) is 0.888. The fraction of sp³-hybridized carbons (Fsp3) is 0.500. The molecule has 0 bridgehead atoms. The second kappa shape index (κ2) is 5.58. The van der Waals surface area contributed by atoms with Crippen molar-refractivity contribution in [2.75, 3.05) is 13.1 Å². The maximum Gasteiger partial charge on any atom is 0.410 e. The van der Waals surface area contributed by atoms with E-state index in [1.807, 2.05) is 26.8 Å². The van der Waals surface area contributed by atoms with Gasteiger partial charge in [-0.3, -0.25) is 0 Å². The maximum absolute atomic E-state index is 12.0. The van der Waals surface area contributed by atoms with E-state index in [0.29, 0.717) is 24.6 Å². The Morgan fingerprint density at radius 1 is 1.50 bits per heavy atom. The molecule has 0 aromatic carbocycles. The van der Waals surface area contributed by atoms with Gasteiger partial charge in [-0.1, -0.05) is 6.08 Å². The van der Waals surface area contributed by atoms with Gasteiger partial charge in [0.05, 0.1) is 18.8 Å². The molecule has 6 nitrogen and oxygen atoms in total. The van der Waals surface area contributed by atoms with E-state index in [4.69, 9.17) is 9.84 Å². The van der Waals surface area contributed by atoms with E-state index < -0.39 is 5.60 Å². The van der Waals surface area contributed by atoms with Gasteiger partial charge >= 0.3 is 6.09 Å². The Morgan fingerprint density at radius 3 is 2.90 bits per heavy atom. The largest absolute Gasteiger partial charge is 0.444 e. The third-order valence-electron chi connectivity index (χ3n) is 2.73. The predicted molar refractivity (Wildman–Crippen MR) is 73.7 cm³/mol. The van der Waals surface area contributed by atoms with E-state index in [1.165, 1.54) is 0 Å². The lowest BCUT2D eigenvalue weighted by molar-refractivity contribution is 0.0306. The molecule has 1 N–H and O–H groups in total. The minimum atomic E-state index is -0.507. The summed E-state index contributed by atoms with van der Waals surface area (Å²) in [6.07, 6.45) is 3.16. The van der Waals surface area contributed by atoms with Crippen LogP contribution in [0.15, 0.2) is 18.3 Å². The Balaban J connectivity index is 2.02. The minimum Gasteiger partial charge on any atom is -0.444 e. The van der Waals surface area contributed by atoms with Crippen molar-refractivity contribution in [3.63, 3.8) is 0 Å². The average molecular weight is 277 g/mol. The molecule has 1 aromatic rings. The predicted octanol–water partition coefficient (Wildman–Crippen LogP) is 1.60. The van der Waals surface area contributed by atoms with Gasteiger partial charge in [-0.15, -0.1) is 0 Å². The first-order valence-electron chi connectivity index (χ1n) is 6.49. The first kappa shape index (κ1) is 14.5. The zero-order valence-corrected chi connectivity index (χ0v) is 12.0. The molecular weight excluding hydrogens is 258 g/mol. The Bertz CT molecular complexity index is 535. The van der Waals surface area contributed by atoms with Gasteiger partial charge in [0, 0.05) is 18.3 Å². The van der Waals surface area contributed by atoms with Gasteiger partial charge in [-0.2, -0.15) is 0 Å². The van der Waals surface area contributed by atoms with Crippen LogP contribution in [0, 0.1) is 0 Å². The highest BCUT2D eigenvalue weighted by molar-refractivity contribution is 5.75. The number of rotatable bonds is 2. The van der Waals surface area contributed by atoms with Crippen molar-refractivity contribution in [3.05, 3.63) is 29.9 Å². The first-order valence-corrected chi connectivity index (χ1v) is 6.49. The summed E-state index contributed by atoms with van der Waals surface area (Å²) in [6.45, 7) is 6.29. The monoisotopic (exact) mass is 277 g/mol. The number of hydrogen-bond acceptors (Lipinski definition) is 5. The Morgan fingerprint density at radius 2 is 2.25 bits per heavy atom. The number of ether oxygens (including phenoxy) is 1. The zero-order valence-electron chi connectivity index (χ0n) is 12.0. The number of nitrogens with zero attached hydrogens (tertiary/aromatic N) is 3. The van der Waals surface area contributed by atoms with Crippen molar-refractivity contribution in [3.8, 4) is 0 Å². The molecule has 2 rings (SSSR count). The molecular formula is C14H19N3O3. The number of amides is 1. The molecule has 0 radical (unpaired) electrons. The van der Waals surface area contributed by atoms with Crippen molar-refractivity contribution in [1.29, 1.82) is 0 Å². The van der Waals surface area contributed by atoms with E-state index in [2.05, 4.69) is 9.97 Å². The molecule has 6 heteroatoms. The van der Waals surface area contributed by atoms with Gasteiger partial charge in [-0.05, 0) is 26.8 Å². The van der Waals surface area contributed by atoms with Crippen molar-refractivity contribution in [2.24, 2.45) is 0 Å². The molecule has 0 saturated carbocycles. The number of carbonyl (C=O) groups is 1. The maximum atomic E-state index is 12.0. The van der Waals surface area contributed by atoms with Crippen LogP contribution in [0.4, 0.5) is 4.79 Å². The van der Waals surface area contributed by atoms with Gasteiger partial charge in [0.15, 0.2) is 5.82 Å². The van der Waals surface area contributed by atoms with E-state index in [1.54, 1.807) is 17.2 Å². The first-order chi connectivity index (χ1) is 9.39. The van der Waals surface area contributed by atoms with Crippen molar-refractivity contribution in [2.45, 2.75) is 33.0 Å². The fourth-order valence-corrected chi connectivity index (χ4v) is 1.82. The lowest BCUT2D eigenvalue weighted by Gasteiger charge is -2.24. The van der Waals surface area contributed by atoms with Crippen molar-refractivity contribution in [1.82, 2.24) is 14.9 Å². The van der Waals surface area contributed by atoms with Gasteiger partial charge in [0.2, 0.25) is 0 Å². The lowest BCUT2D eigenvalue weighted by atomic mass is 10.2. The highest BCUT2D eigenvalue weighted by atomic mass is 16.6. The third kappa shape index (κ3) is 3.54. The van der Waals surface area contributed by atoms with Crippen LogP contribution in [0.1, 0.15) is 32.3 Å². The molecule has 20 heavy (non-hydrogen) atoms. The Hall–Kier alpha value is -1.95. The van der Waals surface area contributed by atoms with Crippen LogP contribution >= 0.6 is 0 Å². The van der Waals surface area contributed by atoms with Crippen LogP contribution in [0.5, 0.6) is 0 Å². The second-order valence-electron chi connectivity index (χ2n) is 5.62. The van der Waals surface area contributed by atoms with Crippen molar-refractivity contribution < 1.29 is 14.6 Å². The summed E-state index contributed by atoms with van der Waals surface area (Å²) in [5.74, 6) is 0.544. The van der Waals surface area contributed by atoms with E-state index in [9.17, 15) is 4.79 Å². The minimum absolute atomic E-state index is 0.126. The molecule has 1 amide bonds. The molecule has 1 aliphatic heterocycles. The van der Waals surface area contributed by atoms with Crippen LogP contribution in [0.2, 0.25) is 0 Å². The number of aromatic nitrogens is 2. The van der Waals surface area contributed by atoms with Crippen molar-refractivity contribution >= 4 is 11.7 Å². The molecule has 1 aromatic heterocycles. The molecule has 1 aliphatic rings. The van der Waals surface area contributed by atoms with Crippen LogP contribution in [0.3, 0.4) is 0 Å². The van der Waals surface area contributed by atoms with Gasteiger partial charge in [-0.25, -0.2) is 14.8 Å². The van der Waals surface area contributed by atoms with Crippen LogP contribution in [-0.2, 0) is 11.3 Å². The standard InChI is InChI=1S/C14H19N3O3/c1-14(2,3)20-13(19)17-7-5-10(8-17)12-15-6-4-11(9-18)16-12/h4-6,18H,7-9H2,1-3H3. The van der Waals surface area contributed by atoms with Gasteiger partial charge < -0.3 is 14.7 Å². The van der Waals surface area contributed by atoms with Gasteiger partial charge in [0.1, 0.15) is 5.60 Å². The summed E-state index contributed by atoms with van der Waals surface area (Å²) < 4.78 is 5.32. The number of aliphatic hydroxyl groups excluding tert-OH is 1.